The Morgan fingerprint density at radius 1 is 1.26 bits per heavy atom. The van der Waals surface area contributed by atoms with E-state index in [1.54, 1.807) is 15.3 Å². The number of aromatic amines is 1. The Balaban J connectivity index is 1.64. The first kappa shape index (κ1) is 15.6. The van der Waals surface area contributed by atoms with E-state index in [0.717, 1.165) is 11.1 Å². The monoisotopic (exact) mass is 364 g/mol. The average molecular weight is 364 g/mol. The fourth-order valence-electron chi connectivity index (χ4n) is 3.75. The second-order valence-electron chi connectivity index (χ2n) is 6.63. The van der Waals surface area contributed by atoms with Crippen LogP contribution in [0.4, 0.5) is 4.79 Å². The second-order valence-corrected chi connectivity index (χ2v) is 6.63. The smallest absolute Gasteiger partial charge is 0.407 e. The number of carboxylic acid groups (broad SMARTS) is 1. The molecule has 4 aromatic heterocycles. The molecular weight excluding hydrogens is 348 g/mol. The van der Waals surface area contributed by atoms with Crippen molar-refractivity contribution >= 4 is 22.8 Å². The third-order valence-corrected chi connectivity index (χ3v) is 5.07. The molecule has 0 radical (unpaired) electrons. The van der Waals surface area contributed by atoms with Crippen molar-refractivity contribution in [1.29, 1.82) is 0 Å². The van der Waals surface area contributed by atoms with Crippen LogP contribution < -0.4 is 5.69 Å². The molecule has 0 spiro atoms. The number of imidazole rings is 1. The summed E-state index contributed by atoms with van der Waals surface area (Å²) in [6.07, 6.45) is 3.23. The van der Waals surface area contributed by atoms with Crippen LogP contribution in [0.25, 0.3) is 27.9 Å². The molecular formula is C18H16N6O3. The maximum Gasteiger partial charge on any atom is 0.407 e. The molecule has 1 atom stereocenters. The van der Waals surface area contributed by atoms with Gasteiger partial charge in [0.25, 0.3) is 0 Å². The van der Waals surface area contributed by atoms with Gasteiger partial charge in [-0.2, -0.15) is 5.10 Å². The number of amides is 1. The first-order valence-electron chi connectivity index (χ1n) is 8.64. The van der Waals surface area contributed by atoms with E-state index >= 15 is 0 Å². The summed E-state index contributed by atoms with van der Waals surface area (Å²) in [7, 11) is 0. The minimum atomic E-state index is -0.967. The maximum absolute atomic E-state index is 12.5. The van der Waals surface area contributed by atoms with Crippen molar-refractivity contribution in [2.24, 2.45) is 0 Å². The SMILES string of the molecule is O=C(O)N1CCC(n2c(=O)[nH]c3ccc(-c4cnn5ccccc45)nc32)C1. The van der Waals surface area contributed by atoms with E-state index in [4.69, 9.17) is 4.98 Å². The summed E-state index contributed by atoms with van der Waals surface area (Å²) in [6.45, 7) is 0.692. The average Bonchev–Trinajstić information content (AvgIpc) is 3.36. The topological polar surface area (TPSA) is 109 Å². The van der Waals surface area contributed by atoms with Gasteiger partial charge in [-0.3, -0.25) is 4.57 Å². The van der Waals surface area contributed by atoms with Gasteiger partial charge in [-0.15, -0.1) is 0 Å². The van der Waals surface area contributed by atoms with Gasteiger partial charge >= 0.3 is 11.8 Å². The molecule has 0 bridgehead atoms. The van der Waals surface area contributed by atoms with Gasteiger partial charge in [-0.05, 0) is 30.7 Å². The fraction of sp³-hybridized carbons (Fsp3) is 0.222. The minimum absolute atomic E-state index is 0.228. The van der Waals surface area contributed by atoms with Crippen molar-refractivity contribution in [3.63, 3.8) is 0 Å². The standard InChI is InChI=1S/C18H16N6O3/c25-17-21-14-5-4-13(12-9-19-23-7-2-1-3-15(12)23)20-16(14)24(17)11-6-8-22(10-11)18(26)27/h1-5,7,9,11H,6,8,10H2,(H,21,25)(H,26,27). The van der Waals surface area contributed by atoms with E-state index in [1.807, 2.05) is 36.5 Å². The molecule has 0 saturated carbocycles. The molecule has 1 aliphatic heterocycles. The lowest BCUT2D eigenvalue weighted by molar-refractivity contribution is 0.154. The Bertz CT molecular complexity index is 1240. The summed E-state index contributed by atoms with van der Waals surface area (Å²) in [4.78, 5) is 32.6. The van der Waals surface area contributed by atoms with E-state index < -0.39 is 6.09 Å². The van der Waals surface area contributed by atoms with Gasteiger partial charge in [-0.25, -0.2) is 19.1 Å². The number of H-pyrrole nitrogens is 1. The van der Waals surface area contributed by atoms with Crippen LogP contribution in [-0.2, 0) is 0 Å². The van der Waals surface area contributed by atoms with Gasteiger partial charge in [0.2, 0.25) is 0 Å². The molecule has 27 heavy (non-hydrogen) atoms. The molecule has 1 saturated heterocycles. The number of hydrogen-bond acceptors (Lipinski definition) is 4. The highest BCUT2D eigenvalue weighted by Crippen LogP contribution is 2.27. The van der Waals surface area contributed by atoms with Crippen LogP contribution in [0.2, 0.25) is 0 Å². The zero-order valence-corrected chi connectivity index (χ0v) is 14.2. The van der Waals surface area contributed by atoms with E-state index in [1.165, 1.54) is 4.90 Å². The van der Waals surface area contributed by atoms with Crippen LogP contribution in [0.3, 0.4) is 0 Å². The van der Waals surface area contributed by atoms with E-state index in [0.29, 0.717) is 29.8 Å². The van der Waals surface area contributed by atoms with Gasteiger partial charge < -0.3 is 15.0 Å². The van der Waals surface area contributed by atoms with Crippen molar-refractivity contribution in [3.8, 4) is 11.3 Å². The first-order valence-corrected chi connectivity index (χ1v) is 8.64. The minimum Gasteiger partial charge on any atom is -0.465 e. The molecule has 2 N–H and O–H groups in total. The summed E-state index contributed by atoms with van der Waals surface area (Å²) in [5, 5.41) is 13.5. The molecule has 5 heterocycles. The van der Waals surface area contributed by atoms with Gasteiger partial charge in [-0.1, -0.05) is 6.07 Å². The highest BCUT2D eigenvalue weighted by Gasteiger charge is 2.29. The Morgan fingerprint density at radius 2 is 2.15 bits per heavy atom. The number of carbonyl (C=O) groups is 1. The van der Waals surface area contributed by atoms with Crippen molar-refractivity contribution < 1.29 is 9.90 Å². The fourth-order valence-corrected chi connectivity index (χ4v) is 3.75. The predicted octanol–water partition coefficient (Wildman–Crippen LogP) is 1.96. The molecule has 1 fully saturated rings. The third kappa shape index (κ3) is 2.39. The number of hydrogen-bond donors (Lipinski definition) is 2. The van der Waals surface area contributed by atoms with Crippen LogP contribution in [0.1, 0.15) is 12.5 Å². The number of fused-ring (bicyclic) bond motifs is 2. The zero-order chi connectivity index (χ0) is 18.5. The van der Waals surface area contributed by atoms with Gasteiger partial charge in [0.05, 0.1) is 29.0 Å². The molecule has 136 valence electrons. The highest BCUT2D eigenvalue weighted by molar-refractivity contribution is 5.82. The molecule has 9 nitrogen and oxygen atoms in total. The van der Waals surface area contributed by atoms with Crippen LogP contribution >= 0.6 is 0 Å². The molecule has 4 aromatic rings. The molecule has 0 aliphatic carbocycles. The Hall–Kier alpha value is -3.62. The number of likely N-dealkylation sites (tertiary alicyclic amines) is 1. The molecule has 1 unspecified atom stereocenters. The molecule has 1 amide bonds. The van der Waals surface area contributed by atoms with Crippen LogP contribution in [0.15, 0.2) is 47.5 Å². The number of nitrogens with one attached hydrogen (secondary N) is 1. The quantitative estimate of drug-likeness (QED) is 0.565. The lowest BCUT2D eigenvalue weighted by atomic mass is 10.2. The van der Waals surface area contributed by atoms with Crippen molar-refractivity contribution in [1.82, 2.24) is 29.0 Å². The number of nitrogens with zero attached hydrogens (tertiary/aromatic N) is 5. The van der Waals surface area contributed by atoms with Crippen molar-refractivity contribution in [2.75, 3.05) is 13.1 Å². The lowest BCUT2D eigenvalue weighted by Gasteiger charge is -2.13. The van der Waals surface area contributed by atoms with E-state index in [2.05, 4.69) is 10.1 Å². The first-order chi connectivity index (χ1) is 13.1. The van der Waals surface area contributed by atoms with Crippen LogP contribution in [0, 0.1) is 0 Å². The van der Waals surface area contributed by atoms with Crippen molar-refractivity contribution in [2.45, 2.75) is 12.5 Å². The normalized spacial score (nSPS) is 17.2. The molecule has 0 aromatic carbocycles. The summed E-state index contributed by atoms with van der Waals surface area (Å²) in [5.74, 6) is 0. The molecule has 5 rings (SSSR count). The largest absolute Gasteiger partial charge is 0.465 e. The highest BCUT2D eigenvalue weighted by atomic mass is 16.4. The third-order valence-electron chi connectivity index (χ3n) is 5.07. The van der Waals surface area contributed by atoms with Gasteiger partial charge in [0.15, 0.2) is 5.65 Å². The lowest BCUT2D eigenvalue weighted by Crippen LogP contribution is -2.29. The second kappa shape index (κ2) is 5.70. The number of pyridine rings is 2. The van der Waals surface area contributed by atoms with E-state index in [9.17, 15) is 14.7 Å². The Labute approximate surface area is 152 Å². The summed E-state index contributed by atoms with van der Waals surface area (Å²) < 4.78 is 3.35. The Kier molecular flexibility index (Phi) is 3.30. The predicted molar refractivity (Wildman–Crippen MR) is 97.8 cm³/mol. The zero-order valence-electron chi connectivity index (χ0n) is 14.2. The van der Waals surface area contributed by atoms with Crippen LogP contribution in [0.5, 0.6) is 0 Å². The van der Waals surface area contributed by atoms with E-state index in [-0.39, 0.29) is 18.3 Å². The summed E-state index contributed by atoms with van der Waals surface area (Å²) >= 11 is 0. The van der Waals surface area contributed by atoms with Gasteiger partial charge in [0.1, 0.15) is 0 Å². The maximum atomic E-state index is 12.5. The molecule has 9 heteroatoms. The Morgan fingerprint density at radius 3 is 2.96 bits per heavy atom. The van der Waals surface area contributed by atoms with Gasteiger partial charge in [0, 0.05) is 24.8 Å². The number of aromatic nitrogens is 5. The summed E-state index contributed by atoms with van der Waals surface area (Å²) in [6, 6.07) is 9.24. The van der Waals surface area contributed by atoms with Crippen LogP contribution in [-0.4, -0.2) is 53.3 Å². The van der Waals surface area contributed by atoms with Crippen molar-refractivity contribution in [3.05, 3.63) is 53.2 Å². The number of rotatable bonds is 2. The summed E-state index contributed by atoms with van der Waals surface area (Å²) in [5.41, 5.74) is 3.40. The molecule has 1 aliphatic rings.